The lowest BCUT2D eigenvalue weighted by Crippen LogP contribution is -2.10. The third kappa shape index (κ3) is 3.46. The number of Topliss-reactive ketones (excluding diaryl/α,β-unsaturated/α-hetero) is 1. The van der Waals surface area contributed by atoms with E-state index in [9.17, 15) is 9.59 Å². The van der Waals surface area contributed by atoms with E-state index in [2.05, 4.69) is 0 Å². The average Bonchev–Trinajstić information content (AvgIpc) is 2.37. The molecule has 17 heavy (non-hydrogen) atoms. The summed E-state index contributed by atoms with van der Waals surface area (Å²) in [6.07, 6.45) is 0.384. The van der Waals surface area contributed by atoms with Gasteiger partial charge in [0.15, 0.2) is 17.3 Å². The minimum atomic E-state index is -0.592. The zero-order valence-electron chi connectivity index (χ0n) is 9.66. The number of halogens is 1. The van der Waals surface area contributed by atoms with Crippen LogP contribution < -0.4 is 9.47 Å². The van der Waals surface area contributed by atoms with Gasteiger partial charge in [-0.05, 0) is 18.2 Å². The molecular formula is C12H13ClO4. The van der Waals surface area contributed by atoms with Gasteiger partial charge in [0, 0.05) is 12.0 Å². The number of methoxy groups -OCH3 is 1. The van der Waals surface area contributed by atoms with E-state index in [1.807, 2.05) is 0 Å². The molecule has 0 aliphatic carbocycles. The number of rotatable bonds is 5. The largest absolute Gasteiger partial charge is 0.493 e. The minimum absolute atomic E-state index is 0.0316. The van der Waals surface area contributed by atoms with E-state index in [1.165, 1.54) is 13.2 Å². The minimum Gasteiger partial charge on any atom is -0.493 e. The van der Waals surface area contributed by atoms with Crippen molar-refractivity contribution < 1.29 is 19.1 Å². The fourth-order valence-electron chi connectivity index (χ4n) is 1.28. The Balaban J connectivity index is 3.06. The fourth-order valence-corrected chi connectivity index (χ4v) is 1.34. The Hall–Kier alpha value is -1.55. The first kappa shape index (κ1) is 13.5. The van der Waals surface area contributed by atoms with E-state index in [4.69, 9.17) is 21.1 Å². The van der Waals surface area contributed by atoms with Crippen LogP contribution >= 0.6 is 11.6 Å². The van der Waals surface area contributed by atoms with E-state index >= 15 is 0 Å². The molecule has 0 saturated carbocycles. The van der Waals surface area contributed by atoms with Gasteiger partial charge in [0.2, 0.25) is 0 Å². The SMILES string of the molecule is CCC(=O)c1ccc(OC)c(OC(=O)CCl)c1. The Morgan fingerprint density at radius 1 is 1.29 bits per heavy atom. The van der Waals surface area contributed by atoms with Gasteiger partial charge in [-0.3, -0.25) is 9.59 Å². The summed E-state index contributed by atoms with van der Waals surface area (Å²) in [5, 5.41) is 0. The number of hydrogen-bond donors (Lipinski definition) is 0. The van der Waals surface area contributed by atoms with Gasteiger partial charge in [0.05, 0.1) is 7.11 Å². The van der Waals surface area contributed by atoms with E-state index in [1.54, 1.807) is 19.1 Å². The van der Waals surface area contributed by atoms with E-state index in [0.29, 0.717) is 17.7 Å². The molecule has 5 heteroatoms. The summed E-state index contributed by atoms with van der Waals surface area (Å²) in [6.45, 7) is 1.76. The first-order valence-corrected chi connectivity index (χ1v) is 5.63. The molecule has 0 bridgehead atoms. The van der Waals surface area contributed by atoms with Crippen molar-refractivity contribution in [2.75, 3.05) is 13.0 Å². The van der Waals surface area contributed by atoms with Gasteiger partial charge < -0.3 is 9.47 Å². The van der Waals surface area contributed by atoms with Crippen molar-refractivity contribution in [2.45, 2.75) is 13.3 Å². The molecule has 0 heterocycles. The van der Waals surface area contributed by atoms with Crippen LogP contribution in [0.4, 0.5) is 0 Å². The van der Waals surface area contributed by atoms with Gasteiger partial charge in [-0.2, -0.15) is 0 Å². The number of ketones is 1. The maximum atomic E-state index is 11.5. The zero-order valence-corrected chi connectivity index (χ0v) is 10.4. The summed E-state index contributed by atoms with van der Waals surface area (Å²) in [7, 11) is 1.45. The molecule has 1 aromatic carbocycles. The smallest absolute Gasteiger partial charge is 0.326 e. The molecule has 0 aromatic heterocycles. The quantitative estimate of drug-likeness (QED) is 0.351. The highest BCUT2D eigenvalue weighted by Crippen LogP contribution is 2.28. The van der Waals surface area contributed by atoms with Gasteiger partial charge in [-0.25, -0.2) is 0 Å². The van der Waals surface area contributed by atoms with Gasteiger partial charge in [-0.1, -0.05) is 6.92 Å². The van der Waals surface area contributed by atoms with Crippen molar-refractivity contribution in [1.82, 2.24) is 0 Å². The Bertz CT molecular complexity index is 429. The third-order valence-corrected chi connectivity index (χ3v) is 2.36. The van der Waals surface area contributed by atoms with Crippen LogP contribution in [0.25, 0.3) is 0 Å². The molecule has 1 aromatic rings. The number of hydrogen-bond acceptors (Lipinski definition) is 4. The van der Waals surface area contributed by atoms with E-state index in [-0.39, 0.29) is 17.4 Å². The van der Waals surface area contributed by atoms with Crippen LogP contribution in [-0.2, 0) is 4.79 Å². The Kier molecular flexibility index (Phi) is 4.97. The molecule has 1 rings (SSSR count). The fraction of sp³-hybridized carbons (Fsp3) is 0.333. The molecule has 92 valence electrons. The molecule has 4 nitrogen and oxygen atoms in total. The first-order chi connectivity index (χ1) is 8.12. The second-order valence-electron chi connectivity index (χ2n) is 3.25. The molecular weight excluding hydrogens is 244 g/mol. The second-order valence-corrected chi connectivity index (χ2v) is 3.52. The number of carbonyl (C=O) groups excluding carboxylic acids is 2. The maximum Gasteiger partial charge on any atom is 0.326 e. The molecule has 0 fully saturated rings. The van der Waals surface area contributed by atoms with Crippen LogP contribution in [-0.4, -0.2) is 24.7 Å². The van der Waals surface area contributed by atoms with Crippen LogP contribution in [0.15, 0.2) is 18.2 Å². The summed E-state index contributed by atoms with van der Waals surface area (Å²) in [5.74, 6) is -0.287. The van der Waals surface area contributed by atoms with Crippen molar-refractivity contribution in [3.05, 3.63) is 23.8 Å². The molecule has 0 unspecified atom stereocenters. The van der Waals surface area contributed by atoms with Gasteiger partial charge in [0.1, 0.15) is 5.88 Å². The van der Waals surface area contributed by atoms with E-state index in [0.717, 1.165) is 0 Å². The van der Waals surface area contributed by atoms with Crippen molar-refractivity contribution in [3.63, 3.8) is 0 Å². The number of esters is 1. The lowest BCUT2D eigenvalue weighted by atomic mass is 10.1. The lowest BCUT2D eigenvalue weighted by molar-refractivity contribution is -0.131. The van der Waals surface area contributed by atoms with E-state index < -0.39 is 5.97 Å². The highest BCUT2D eigenvalue weighted by Gasteiger charge is 2.12. The lowest BCUT2D eigenvalue weighted by Gasteiger charge is -2.09. The standard InChI is InChI=1S/C12H13ClO4/c1-3-9(14)8-4-5-10(16-2)11(6-8)17-12(15)7-13/h4-6H,3,7H2,1-2H3. The van der Waals surface area contributed by atoms with Crippen molar-refractivity contribution in [2.24, 2.45) is 0 Å². The van der Waals surface area contributed by atoms with Crippen LogP contribution in [0, 0.1) is 0 Å². The molecule has 0 aliphatic rings. The Morgan fingerprint density at radius 3 is 2.53 bits per heavy atom. The van der Waals surface area contributed by atoms with Crippen LogP contribution in [0.1, 0.15) is 23.7 Å². The number of carbonyl (C=O) groups is 2. The van der Waals surface area contributed by atoms with Crippen LogP contribution in [0.5, 0.6) is 11.5 Å². The van der Waals surface area contributed by atoms with Gasteiger partial charge in [0.25, 0.3) is 0 Å². The zero-order chi connectivity index (χ0) is 12.8. The molecule has 0 aliphatic heterocycles. The molecule has 0 N–H and O–H groups in total. The first-order valence-electron chi connectivity index (χ1n) is 5.10. The molecule has 0 atom stereocenters. The third-order valence-electron chi connectivity index (χ3n) is 2.14. The molecule has 0 amide bonds. The summed E-state index contributed by atoms with van der Waals surface area (Å²) in [5.41, 5.74) is 0.477. The van der Waals surface area contributed by atoms with Crippen molar-refractivity contribution >= 4 is 23.4 Å². The highest BCUT2D eigenvalue weighted by atomic mass is 35.5. The number of alkyl halides is 1. The second kappa shape index (κ2) is 6.25. The Morgan fingerprint density at radius 2 is 2.00 bits per heavy atom. The summed E-state index contributed by atoms with van der Waals surface area (Å²) >= 11 is 5.34. The molecule has 0 spiro atoms. The molecule has 0 saturated heterocycles. The summed E-state index contributed by atoms with van der Waals surface area (Å²) in [4.78, 5) is 22.6. The van der Waals surface area contributed by atoms with Gasteiger partial charge in [-0.15, -0.1) is 11.6 Å². The van der Waals surface area contributed by atoms with Crippen molar-refractivity contribution in [1.29, 1.82) is 0 Å². The average molecular weight is 257 g/mol. The van der Waals surface area contributed by atoms with Crippen LogP contribution in [0.2, 0.25) is 0 Å². The normalized spacial score (nSPS) is 9.82. The number of ether oxygens (including phenoxy) is 2. The summed E-state index contributed by atoms with van der Waals surface area (Å²) < 4.78 is 10.0. The molecule has 0 radical (unpaired) electrons. The summed E-state index contributed by atoms with van der Waals surface area (Å²) in [6, 6.07) is 4.69. The predicted molar refractivity (Wildman–Crippen MR) is 64.0 cm³/mol. The predicted octanol–water partition coefficient (Wildman–Crippen LogP) is 2.43. The topological polar surface area (TPSA) is 52.6 Å². The highest BCUT2D eigenvalue weighted by molar-refractivity contribution is 6.26. The maximum absolute atomic E-state index is 11.5. The monoisotopic (exact) mass is 256 g/mol. The van der Waals surface area contributed by atoms with Crippen LogP contribution in [0.3, 0.4) is 0 Å². The number of benzene rings is 1. The van der Waals surface area contributed by atoms with Gasteiger partial charge >= 0.3 is 5.97 Å². The van der Waals surface area contributed by atoms with Crippen molar-refractivity contribution in [3.8, 4) is 11.5 Å². The Labute approximate surface area is 104 Å².